The molecule has 6 rings (SSSR count). The highest BCUT2D eigenvalue weighted by Crippen LogP contribution is 2.42. The Hall–Kier alpha value is -6.70. The van der Waals surface area contributed by atoms with E-state index in [-0.39, 0.29) is 50.5 Å². The molecule has 0 fully saturated rings. The molecule has 14 heteroatoms. The fourth-order valence-electron chi connectivity index (χ4n) is 4.47. The third-order valence-electron chi connectivity index (χ3n) is 6.66. The molecule has 0 saturated heterocycles. The van der Waals surface area contributed by atoms with Crippen LogP contribution in [0, 0.1) is 6.92 Å². The molecule has 2 aromatic heterocycles. The second-order valence-electron chi connectivity index (χ2n) is 9.76. The fraction of sp³-hybridized carbons (Fsp3) is 0.0323. The van der Waals surface area contributed by atoms with Crippen LogP contribution in [0.3, 0.4) is 0 Å². The molecule has 230 valence electrons. The molecular formula is C31H22O14. The maximum absolute atomic E-state index is 12.2. The molecule has 0 bridgehead atoms. The number of benzene rings is 4. The minimum atomic E-state index is -0.967. The van der Waals surface area contributed by atoms with Crippen molar-refractivity contribution in [3.05, 3.63) is 80.6 Å². The third-order valence-corrected chi connectivity index (χ3v) is 6.66. The zero-order valence-electron chi connectivity index (χ0n) is 22.8. The molecule has 45 heavy (non-hydrogen) atoms. The average Bonchev–Trinajstić information content (AvgIpc) is 2.96. The molecule has 0 saturated carbocycles. The van der Waals surface area contributed by atoms with E-state index in [9.17, 15) is 60.7 Å². The summed E-state index contributed by atoms with van der Waals surface area (Å²) in [5.74, 6) is -5.84. The smallest absolute Gasteiger partial charge is 0.238 e. The van der Waals surface area contributed by atoms with E-state index < -0.39 is 56.9 Å². The zero-order valence-corrected chi connectivity index (χ0v) is 22.8. The van der Waals surface area contributed by atoms with Gasteiger partial charge in [-0.25, -0.2) is 0 Å². The van der Waals surface area contributed by atoms with Gasteiger partial charge in [0.2, 0.25) is 22.4 Å². The van der Waals surface area contributed by atoms with Gasteiger partial charge in [-0.3, -0.25) is 9.59 Å². The molecule has 4 aromatic carbocycles. The summed E-state index contributed by atoms with van der Waals surface area (Å²) in [7, 11) is 0. The average molecular weight is 619 g/mol. The quantitative estimate of drug-likeness (QED) is 0.121. The number of hydrogen-bond donors (Lipinski definition) is 10. The molecule has 0 spiro atoms. The summed E-state index contributed by atoms with van der Waals surface area (Å²) in [6, 6.07) is 10.5. The van der Waals surface area contributed by atoms with Gasteiger partial charge in [0.05, 0.1) is 0 Å². The number of rotatable bonds is 2. The maximum Gasteiger partial charge on any atom is 0.238 e. The second-order valence-corrected chi connectivity index (χ2v) is 9.76. The summed E-state index contributed by atoms with van der Waals surface area (Å²) in [6.07, 6.45) is 0. The molecule has 0 aliphatic heterocycles. The monoisotopic (exact) mass is 618 g/mol. The number of aryl methyl sites for hydroxylation is 1. The maximum atomic E-state index is 12.2. The van der Waals surface area contributed by atoms with E-state index in [0.29, 0.717) is 11.1 Å². The molecule has 0 aliphatic carbocycles. The van der Waals surface area contributed by atoms with Crippen molar-refractivity contribution in [2.24, 2.45) is 0 Å². The van der Waals surface area contributed by atoms with Crippen LogP contribution in [0.25, 0.3) is 44.6 Å². The van der Waals surface area contributed by atoms with Crippen LogP contribution >= 0.6 is 0 Å². The van der Waals surface area contributed by atoms with Crippen LogP contribution in [0.2, 0.25) is 0 Å². The molecule has 0 amide bonds. The van der Waals surface area contributed by atoms with E-state index >= 15 is 0 Å². The number of hydrogen-bond acceptors (Lipinski definition) is 14. The Morgan fingerprint density at radius 2 is 0.911 bits per heavy atom. The van der Waals surface area contributed by atoms with Crippen molar-refractivity contribution in [3.63, 3.8) is 0 Å². The third kappa shape index (κ3) is 5.23. The van der Waals surface area contributed by atoms with Crippen molar-refractivity contribution in [3.8, 4) is 80.1 Å². The van der Waals surface area contributed by atoms with Gasteiger partial charge in [0, 0.05) is 35.4 Å². The van der Waals surface area contributed by atoms with Crippen LogP contribution in [-0.4, -0.2) is 51.1 Å². The first kappa shape index (κ1) is 29.8. The fourth-order valence-corrected chi connectivity index (χ4v) is 4.47. The van der Waals surface area contributed by atoms with Crippen LogP contribution in [0.15, 0.2) is 73.0 Å². The standard InChI is InChI=1S/C16H12O6.C15H10O8/c1-7-4-8(2-3-10(7)18)16-15(21)14(20)13-11(19)5-9(17)6-12(13)22-16;16-6-3-7(17)11-10(4-6)23-15(14(22)13(11)21)5-1-8(18)12(20)9(19)2-5/h2-6,17-19,21H,1H3;1-4,16-20,22H. The Labute approximate surface area is 249 Å². The molecule has 0 radical (unpaired) electrons. The van der Waals surface area contributed by atoms with Crippen molar-refractivity contribution >= 4 is 21.9 Å². The number of phenols is 8. The van der Waals surface area contributed by atoms with Crippen molar-refractivity contribution in [2.45, 2.75) is 6.92 Å². The summed E-state index contributed by atoms with van der Waals surface area (Å²) >= 11 is 0. The molecule has 2 heterocycles. The largest absolute Gasteiger partial charge is 0.508 e. The van der Waals surface area contributed by atoms with Crippen LogP contribution < -0.4 is 10.9 Å². The van der Waals surface area contributed by atoms with Crippen LogP contribution in [0.1, 0.15) is 5.56 Å². The van der Waals surface area contributed by atoms with Crippen LogP contribution in [-0.2, 0) is 0 Å². The van der Waals surface area contributed by atoms with Gasteiger partial charge in [0.25, 0.3) is 0 Å². The van der Waals surface area contributed by atoms with Crippen molar-refractivity contribution in [1.82, 2.24) is 0 Å². The van der Waals surface area contributed by atoms with Gasteiger partial charge in [0.15, 0.2) is 28.8 Å². The highest BCUT2D eigenvalue weighted by Gasteiger charge is 2.21. The highest BCUT2D eigenvalue weighted by atomic mass is 16.4. The van der Waals surface area contributed by atoms with E-state index in [0.717, 1.165) is 30.3 Å². The molecule has 10 N–H and O–H groups in total. The minimum Gasteiger partial charge on any atom is -0.508 e. The van der Waals surface area contributed by atoms with E-state index in [1.165, 1.54) is 18.2 Å². The van der Waals surface area contributed by atoms with Gasteiger partial charge in [-0.15, -0.1) is 0 Å². The highest BCUT2D eigenvalue weighted by molar-refractivity contribution is 5.89. The Morgan fingerprint density at radius 3 is 1.36 bits per heavy atom. The van der Waals surface area contributed by atoms with Crippen molar-refractivity contribution in [1.29, 1.82) is 0 Å². The van der Waals surface area contributed by atoms with Gasteiger partial charge in [-0.2, -0.15) is 0 Å². The predicted molar refractivity (Wildman–Crippen MR) is 157 cm³/mol. The molecule has 0 aliphatic rings. The first-order chi connectivity index (χ1) is 21.2. The molecule has 0 unspecified atom stereocenters. The summed E-state index contributed by atoms with van der Waals surface area (Å²) < 4.78 is 10.8. The molecule has 14 nitrogen and oxygen atoms in total. The lowest BCUT2D eigenvalue weighted by Gasteiger charge is -2.09. The van der Waals surface area contributed by atoms with Gasteiger partial charge < -0.3 is 59.9 Å². The Kier molecular flexibility index (Phi) is 7.18. The number of phenolic OH excluding ortho intramolecular Hbond substituents is 8. The first-order valence-corrected chi connectivity index (χ1v) is 12.7. The van der Waals surface area contributed by atoms with E-state index in [4.69, 9.17) is 8.83 Å². The zero-order chi connectivity index (χ0) is 32.9. The first-order valence-electron chi connectivity index (χ1n) is 12.7. The van der Waals surface area contributed by atoms with Crippen molar-refractivity contribution in [2.75, 3.05) is 0 Å². The second kappa shape index (κ2) is 10.9. The van der Waals surface area contributed by atoms with E-state index in [1.807, 2.05) is 0 Å². The lowest BCUT2D eigenvalue weighted by Crippen LogP contribution is -2.03. The summed E-state index contributed by atoms with van der Waals surface area (Å²) in [4.78, 5) is 24.4. The summed E-state index contributed by atoms with van der Waals surface area (Å²) in [5.41, 5.74) is -1.22. The van der Waals surface area contributed by atoms with Crippen LogP contribution in [0.5, 0.6) is 57.5 Å². The van der Waals surface area contributed by atoms with Gasteiger partial charge >= 0.3 is 0 Å². The van der Waals surface area contributed by atoms with Gasteiger partial charge in [0.1, 0.15) is 50.7 Å². The van der Waals surface area contributed by atoms with E-state index in [1.54, 1.807) is 13.0 Å². The molecule has 0 atom stereocenters. The lowest BCUT2D eigenvalue weighted by atomic mass is 10.1. The molecular weight excluding hydrogens is 596 g/mol. The lowest BCUT2D eigenvalue weighted by molar-refractivity contribution is 0.368. The van der Waals surface area contributed by atoms with Gasteiger partial charge in [-0.1, -0.05) is 0 Å². The number of aromatic hydroxyl groups is 10. The normalized spacial score (nSPS) is 11.0. The predicted octanol–water partition coefficient (Wildman–Crippen LogP) is 4.28. The number of fused-ring (bicyclic) bond motifs is 2. The Morgan fingerprint density at radius 1 is 0.467 bits per heavy atom. The summed E-state index contributed by atoms with van der Waals surface area (Å²) in [5, 5.41) is 95.8. The van der Waals surface area contributed by atoms with E-state index in [2.05, 4.69) is 0 Å². The van der Waals surface area contributed by atoms with Crippen molar-refractivity contribution < 1.29 is 59.9 Å². The minimum absolute atomic E-state index is 0.0546. The topological polar surface area (TPSA) is 263 Å². The Bertz CT molecular complexity index is 2260. The van der Waals surface area contributed by atoms with Crippen LogP contribution in [0.4, 0.5) is 0 Å². The molecule has 6 aromatic rings. The summed E-state index contributed by atoms with van der Waals surface area (Å²) in [6.45, 7) is 1.66. The Balaban J connectivity index is 0.000000178. The SMILES string of the molecule is Cc1cc(-c2oc3cc(O)cc(O)c3c(=O)c2O)ccc1O.O=c1c(O)c(-c2cc(O)c(O)c(O)c2)oc2cc(O)cc(O)c12. The van der Waals surface area contributed by atoms with Gasteiger partial charge in [-0.05, 0) is 42.8 Å².